The number of carbonyl (C=O) groups excluding carboxylic acids is 2. The molecule has 0 N–H and O–H groups in total. The van der Waals surface area contributed by atoms with Crippen LogP contribution in [0.2, 0.25) is 0 Å². The Morgan fingerprint density at radius 1 is 1.38 bits per heavy atom. The van der Waals surface area contributed by atoms with Gasteiger partial charge in [-0.3, -0.25) is 4.90 Å². The van der Waals surface area contributed by atoms with Gasteiger partial charge in [-0.25, -0.2) is 4.79 Å². The number of aldehydes is 1. The van der Waals surface area contributed by atoms with Crippen molar-refractivity contribution in [3.63, 3.8) is 0 Å². The van der Waals surface area contributed by atoms with E-state index in [1.54, 1.807) is 4.90 Å². The van der Waals surface area contributed by atoms with Crippen LogP contribution < -0.4 is 0 Å². The van der Waals surface area contributed by atoms with Crippen LogP contribution in [0.4, 0.5) is 4.79 Å². The van der Waals surface area contributed by atoms with Crippen LogP contribution in [0.5, 0.6) is 0 Å². The second kappa shape index (κ2) is 8.30. The highest BCUT2D eigenvalue weighted by Crippen LogP contribution is 2.33. The second-order valence-electron chi connectivity index (χ2n) is 8.17. The van der Waals surface area contributed by atoms with Gasteiger partial charge in [-0.1, -0.05) is 13.8 Å². The molecule has 0 saturated carbocycles. The summed E-state index contributed by atoms with van der Waals surface area (Å²) in [6.45, 7) is 14.2. The Balaban J connectivity index is 2.96. The molecule has 24 heavy (non-hydrogen) atoms. The zero-order valence-corrected chi connectivity index (χ0v) is 16.1. The largest absolute Gasteiger partial charge is 0.444 e. The average molecular weight is 343 g/mol. The van der Waals surface area contributed by atoms with Crippen molar-refractivity contribution < 1.29 is 23.8 Å². The van der Waals surface area contributed by atoms with E-state index >= 15 is 0 Å². The van der Waals surface area contributed by atoms with Crippen molar-refractivity contribution in [2.45, 2.75) is 84.8 Å². The number of nitrogens with zero attached hydrogens (tertiary/aromatic N) is 1. The van der Waals surface area contributed by atoms with Gasteiger partial charge < -0.3 is 19.0 Å². The summed E-state index contributed by atoms with van der Waals surface area (Å²) >= 11 is 0. The Morgan fingerprint density at radius 3 is 2.50 bits per heavy atom. The summed E-state index contributed by atoms with van der Waals surface area (Å²) in [6, 6.07) is -0.232. The van der Waals surface area contributed by atoms with Gasteiger partial charge in [-0.2, -0.15) is 0 Å². The zero-order chi connectivity index (χ0) is 18.5. The molecule has 0 aromatic heterocycles. The van der Waals surface area contributed by atoms with Crippen molar-refractivity contribution in [3.05, 3.63) is 0 Å². The summed E-state index contributed by atoms with van der Waals surface area (Å²) < 4.78 is 17.3. The van der Waals surface area contributed by atoms with Gasteiger partial charge in [0.2, 0.25) is 0 Å². The van der Waals surface area contributed by atoms with E-state index in [0.717, 1.165) is 12.7 Å². The highest BCUT2D eigenvalue weighted by atomic mass is 16.6. The first kappa shape index (κ1) is 20.9. The second-order valence-corrected chi connectivity index (χ2v) is 8.17. The minimum atomic E-state index is -0.754. The van der Waals surface area contributed by atoms with Gasteiger partial charge in [0.1, 0.15) is 17.6 Å². The highest BCUT2D eigenvalue weighted by molar-refractivity contribution is 5.70. The third kappa shape index (κ3) is 6.06. The van der Waals surface area contributed by atoms with Crippen LogP contribution >= 0.6 is 0 Å². The summed E-state index contributed by atoms with van der Waals surface area (Å²) in [5.41, 5.74) is -1.33. The maximum absolute atomic E-state index is 12.7. The molecule has 140 valence electrons. The van der Waals surface area contributed by atoms with Crippen LogP contribution in [0.3, 0.4) is 0 Å². The first-order valence-corrected chi connectivity index (χ1v) is 8.69. The lowest BCUT2D eigenvalue weighted by molar-refractivity contribution is -0.110. The monoisotopic (exact) mass is 343 g/mol. The molecule has 0 aromatic rings. The van der Waals surface area contributed by atoms with Gasteiger partial charge in [0.25, 0.3) is 0 Å². The summed E-state index contributed by atoms with van der Waals surface area (Å²) in [5.74, 6) is 0.399. The number of rotatable bonds is 7. The van der Waals surface area contributed by atoms with Crippen molar-refractivity contribution in [2.24, 2.45) is 5.92 Å². The van der Waals surface area contributed by atoms with E-state index in [-0.39, 0.29) is 12.1 Å². The molecule has 1 amide bonds. The zero-order valence-electron chi connectivity index (χ0n) is 16.1. The van der Waals surface area contributed by atoms with E-state index < -0.39 is 17.4 Å². The van der Waals surface area contributed by atoms with E-state index in [1.807, 2.05) is 34.6 Å². The smallest absolute Gasteiger partial charge is 0.412 e. The van der Waals surface area contributed by atoms with Gasteiger partial charge in [0, 0.05) is 6.42 Å². The molecule has 0 aromatic carbocycles. The maximum Gasteiger partial charge on any atom is 0.412 e. The van der Waals surface area contributed by atoms with Crippen LogP contribution in [0, 0.1) is 5.92 Å². The van der Waals surface area contributed by atoms with Crippen LogP contribution in [0.25, 0.3) is 0 Å². The number of ether oxygens (including phenoxy) is 3. The van der Waals surface area contributed by atoms with Gasteiger partial charge in [0.15, 0.2) is 0 Å². The van der Waals surface area contributed by atoms with Crippen LogP contribution in [-0.2, 0) is 19.0 Å². The van der Waals surface area contributed by atoms with Crippen molar-refractivity contribution in [1.29, 1.82) is 0 Å². The molecule has 0 aliphatic carbocycles. The van der Waals surface area contributed by atoms with Crippen molar-refractivity contribution in [3.8, 4) is 0 Å². The van der Waals surface area contributed by atoms with Crippen LogP contribution in [0.15, 0.2) is 0 Å². The molecule has 1 heterocycles. The van der Waals surface area contributed by atoms with E-state index in [1.165, 1.54) is 0 Å². The molecular weight excluding hydrogens is 310 g/mol. The molecule has 1 fully saturated rings. The first-order valence-electron chi connectivity index (χ1n) is 8.69. The van der Waals surface area contributed by atoms with E-state index in [0.29, 0.717) is 25.6 Å². The van der Waals surface area contributed by atoms with E-state index in [9.17, 15) is 9.59 Å². The third-order valence-corrected chi connectivity index (χ3v) is 3.81. The highest BCUT2D eigenvalue weighted by Gasteiger charge is 2.48. The molecule has 6 heteroatoms. The van der Waals surface area contributed by atoms with Crippen molar-refractivity contribution in [2.75, 3.05) is 13.2 Å². The molecule has 0 radical (unpaired) electrons. The molecule has 1 saturated heterocycles. The Kier molecular flexibility index (Phi) is 7.23. The topological polar surface area (TPSA) is 65.1 Å². The lowest BCUT2D eigenvalue weighted by Crippen LogP contribution is -2.54. The predicted molar refractivity (Wildman–Crippen MR) is 91.8 cm³/mol. The molecular formula is C18H33NO5. The quantitative estimate of drug-likeness (QED) is 0.524. The fourth-order valence-corrected chi connectivity index (χ4v) is 2.84. The van der Waals surface area contributed by atoms with Crippen LogP contribution in [-0.4, -0.2) is 54.0 Å². The Hall–Kier alpha value is -1.14. The normalized spacial score (nSPS) is 21.8. The number of hydrogen-bond donors (Lipinski definition) is 0. The molecule has 1 rings (SSSR count). The molecule has 1 aliphatic rings. The van der Waals surface area contributed by atoms with E-state index in [4.69, 9.17) is 14.2 Å². The summed E-state index contributed by atoms with van der Waals surface area (Å²) in [4.78, 5) is 24.9. The number of carbonyl (C=O) groups is 2. The van der Waals surface area contributed by atoms with Crippen molar-refractivity contribution >= 4 is 12.4 Å². The minimum Gasteiger partial charge on any atom is -0.444 e. The standard InChI is InChI=1S/C18H33NO5/c1-13(2)11-15(22-10-8-9-20)14-12-23-18(6,7)19(14)16(21)24-17(3,4)5/h9,13-15H,8,10-12H2,1-7H3/t14-,15-/m0/s1. The Bertz CT molecular complexity index is 428. The van der Waals surface area contributed by atoms with E-state index in [2.05, 4.69) is 13.8 Å². The molecule has 0 unspecified atom stereocenters. The van der Waals surface area contributed by atoms with Gasteiger partial charge in [-0.05, 0) is 47.0 Å². The number of amides is 1. The summed E-state index contributed by atoms with van der Waals surface area (Å²) in [7, 11) is 0. The molecule has 2 atom stereocenters. The number of hydrogen-bond acceptors (Lipinski definition) is 5. The Labute approximate surface area is 145 Å². The summed E-state index contributed by atoms with van der Waals surface area (Å²) in [6.07, 6.45) is 1.37. The molecule has 0 bridgehead atoms. The minimum absolute atomic E-state index is 0.195. The molecule has 1 aliphatic heterocycles. The predicted octanol–water partition coefficient (Wildman–Crippen LogP) is 3.38. The van der Waals surface area contributed by atoms with Gasteiger partial charge in [-0.15, -0.1) is 0 Å². The third-order valence-electron chi connectivity index (χ3n) is 3.81. The van der Waals surface area contributed by atoms with Crippen molar-refractivity contribution in [1.82, 2.24) is 4.90 Å². The maximum atomic E-state index is 12.7. The van der Waals surface area contributed by atoms with Gasteiger partial charge in [0.05, 0.1) is 25.4 Å². The fourth-order valence-electron chi connectivity index (χ4n) is 2.84. The lowest BCUT2D eigenvalue weighted by atomic mass is 9.99. The Morgan fingerprint density at radius 2 is 2.00 bits per heavy atom. The van der Waals surface area contributed by atoms with Crippen LogP contribution in [0.1, 0.15) is 61.3 Å². The molecule has 6 nitrogen and oxygen atoms in total. The fraction of sp³-hybridized carbons (Fsp3) is 0.889. The molecule has 0 spiro atoms. The first-order chi connectivity index (χ1) is 11.0. The van der Waals surface area contributed by atoms with Gasteiger partial charge >= 0.3 is 6.09 Å². The summed E-state index contributed by atoms with van der Waals surface area (Å²) in [5, 5.41) is 0. The lowest BCUT2D eigenvalue weighted by Gasteiger charge is -2.38. The average Bonchev–Trinajstić information content (AvgIpc) is 2.71. The SMILES string of the molecule is CC(C)C[C@H](OCCC=O)[C@@H]1COC(C)(C)N1C(=O)OC(C)(C)C.